The van der Waals surface area contributed by atoms with Gasteiger partial charge in [-0.25, -0.2) is 0 Å². The van der Waals surface area contributed by atoms with Crippen molar-refractivity contribution in [3.63, 3.8) is 0 Å². The minimum absolute atomic E-state index is 0.0263. The van der Waals surface area contributed by atoms with E-state index in [0.29, 0.717) is 12.0 Å². The number of ether oxygens (including phenoxy) is 1. The quantitative estimate of drug-likeness (QED) is 0.540. The van der Waals surface area contributed by atoms with Gasteiger partial charge < -0.3 is 4.74 Å². The zero-order valence-corrected chi connectivity index (χ0v) is 15.8. The average molecular weight is 378 g/mol. The summed E-state index contributed by atoms with van der Waals surface area (Å²) >= 11 is 0. The summed E-state index contributed by atoms with van der Waals surface area (Å²) in [6.45, 7) is 4.65. The minimum Gasteiger partial charge on any atom is -0.457 e. The van der Waals surface area contributed by atoms with E-state index in [9.17, 15) is 18.0 Å². The number of rotatable bonds is 7. The number of benzene rings is 2. The van der Waals surface area contributed by atoms with Gasteiger partial charge in [0, 0.05) is 0 Å². The molecule has 0 aliphatic carbocycles. The van der Waals surface area contributed by atoms with Crippen LogP contribution in [-0.2, 0) is 21.4 Å². The number of carbonyl (C=O) groups is 1. The lowest BCUT2D eigenvalue weighted by Crippen LogP contribution is -2.38. The maximum atomic E-state index is 13.4. The SMILES string of the molecule is CCC(OC(=O)Cc1ccc(C(C)(CC)C(F)(F)F)cc1)c1ccccc1. The van der Waals surface area contributed by atoms with Crippen LogP contribution in [0.25, 0.3) is 0 Å². The molecule has 2 rings (SSSR count). The highest BCUT2D eigenvalue weighted by Gasteiger charge is 2.50. The molecule has 0 aliphatic rings. The Bertz CT molecular complexity index is 738. The molecule has 5 heteroatoms. The van der Waals surface area contributed by atoms with Gasteiger partial charge in [0.1, 0.15) is 6.10 Å². The van der Waals surface area contributed by atoms with E-state index in [1.54, 1.807) is 12.1 Å². The maximum Gasteiger partial charge on any atom is 0.398 e. The molecule has 0 aliphatic heterocycles. The van der Waals surface area contributed by atoms with Gasteiger partial charge in [-0.15, -0.1) is 0 Å². The van der Waals surface area contributed by atoms with Gasteiger partial charge in [0.25, 0.3) is 0 Å². The van der Waals surface area contributed by atoms with Gasteiger partial charge in [-0.3, -0.25) is 4.79 Å². The fraction of sp³-hybridized carbons (Fsp3) is 0.409. The Balaban J connectivity index is 2.07. The number of alkyl halides is 3. The van der Waals surface area contributed by atoms with Crippen molar-refractivity contribution in [1.82, 2.24) is 0 Å². The third kappa shape index (κ3) is 4.90. The maximum absolute atomic E-state index is 13.4. The van der Waals surface area contributed by atoms with E-state index >= 15 is 0 Å². The monoisotopic (exact) mass is 378 g/mol. The van der Waals surface area contributed by atoms with Crippen molar-refractivity contribution in [3.8, 4) is 0 Å². The summed E-state index contributed by atoms with van der Waals surface area (Å²) in [6, 6.07) is 15.5. The van der Waals surface area contributed by atoms with Crippen molar-refractivity contribution in [2.45, 2.75) is 57.7 Å². The van der Waals surface area contributed by atoms with Gasteiger partial charge >= 0.3 is 12.1 Å². The zero-order valence-electron chi connectivity index (χ0n) is 15.8. The lowest BCUT2D eigenvalue weighted by Gasteiger charge is -2.31. The van der Waals surface area contributed by atoms with E-state index in [4.69, 9.17) is 4.74 Å². The van der Waals surface area contributed by atoms with E-state index in [1.807, 2.05) is 37.3 Å². The molecule has 2 atom stereocenters. The number of halogens is 3. The van der Waals surface area contributed by atoms with E-state index in [1.165, 1.54) is 26.0 Å². The predicted molar refractivity (Wildman–Crippen MR) is 99.4 cm³/mol. The van der Waals surface area contributed by atoms with Crippen LogP contribution in [0.15, 0.2) is 54.6 Å². The lowest BCUT2D eigenvalue weighted by atomic mass is 9.79. The number of carbonyl (C=O) groups excluding carboxylic acids is 1. The largest absolute Gasteiger partial charge is 0.457 e. The molecule has 27 heavy (non-hydrogen) atoms. The third-order valence-electron chi connectivity index (χ3n) is 5.09. The normalized spacial score (nSPS) is 15.0. The fourth-order valence-electron chi connectivity index (χ4n) is 2.98. The Hall–Kier alpha value is -2.30. The third-order valence-corrected chi connectivity index (χ3v) is 5.09. The molecule has 0 saturated heterocycles. The summed E-state index contributed by atoms with van der Waals surface area (Å²) in [6.07, 6.45) is -4.03. The van der Waals surface area contributed by atoms with Crippen LogP contribution >= 0.6 is 0 Å². The molecule has 0 heterocycles. The van der Waals surface area contributed by atoms with Crippen LogP contribution in [0.3, 0.4) is 0 Å². The van der Waals surface area contributed by atoms with Gasteiger partial charge in [0.15, 0.2) is 0 Å². The summed E-state index contributed by atoms with van der Waals surface area (Å²) in [5.41, 5.74) is -0.141. The first-order valence-corrected chi connectivity index (χ1v) is 9.11. The highest BCUT2D eigenvalue weighted by atomic mass is 19.4. The number of esters is 1. The van der Waals surface area contributed by atoms with Crippen LogP contribution in [0.4, 0.5) is 13.2 Å². The molecule has 0 N–H and O–H groups in total. The molecule has 0 radical (unpaired) electrons. The number of hydrogen-bond acceptors (Lipinski definition) is 2. The average Bonchev–Trinajstić information content (AvgIpc) is 2.65. The van der Waals surface area contributed by atoms with Crippen molar-refractivity contribution in [2.75, 3.05) is 0 Å². The van der Waals surface area contributed by atoms with E-state index in [-0.39, 0.29) is 24.5 Å². The molecule has 0 spiro atoms. The Morgan fingerprint density at radius 3 is 2.07 bits per heavy atom. The molecule has 2 nitrogen and oxygen atoms in total. The Morgan fingerprint density at radius 1 is 1.00 bits per heavy atom. The van der Waals surface area contributed by atoms with E-state index in [0.717, 1.165) is 5.56 Å². The first-order valence-electron chi connectivity index (χ1n) is 9.11. The fourth-order valence-corrected chi connectivity index (χ4v) is 2.98. The lowest BCUT2D eigenvalue weighted by molar-refractivity contribution is -0.186. The molecular weight excluding hydrogens is 353 g/mol. The van der Waals surface area contributed by atoms with Gasteiger partial charge in [0.05, 0.1) is 11.8 Å². The van der Waals surface area contributed by atoms with Gasteiger partial charge in [-0.1, -0.05) is 68.4 Å². The second-order valence-corrected chi connectivity index (χ2v) is 6.85. The smallest absolute Gasteiger partial charge is 0.398 e. The first-order chi connectivity index (χ1) is 12.7. The van der Waals surface area contributed by atoms with Crippen LogP contribution in [0.2, 0.25) is 0 Å². The molecular formula is C22H25F3O2. The molecule has 0 saturated carbocycles. The Kier molecular flexibility index (Phi) is 6.68. The molecule has 2 unspecified atom stereocenters. The molecule has 2 aromatic rings. The van der Waals surface area contributed by atoms with Gasteiger partial charge in [0.2, 0.25) is 0 Å². The molecule has 0 amide bonds. The van der Waals surface area contributed by atoms with Crippen LogP contribution in [-0.4, -0.2) is 12.1 Å². The second kappa shape index (κ2) is 8.59. The van der Waals surface area contributed by atoms with Crippen molar-refractivity contribution in [2.24, 2.45) is 0 Å². The minimum atomic E-state index is -4.33. The highest BCUT2D eigenvalue weighted by Crippen LogP contribution is 2.43. The van der Waals surface area contributed by atoms with E-state index in [2.05, 4.69) is 0 Å². The van der Waals surface area contributed by atoms with Crippen molar-refractivity contribution >= 4 is 5.97 Å². The van der Waals surface area contributed by atoms with Crippen molar-refractivity contribution < 1.29 is 22.7 Å². The van der Waals surface area contributed by atoms with Gasteiger partial charge in [-0.2, -0.15) is 13.2 Å². The molecule has 0 fully saturated rings. The van der Waals surface area contributed by atoms with Crippen LogP contribution in [0, 0.1) is 0 Å². The standard InChI is InChI=1S/C22H25F3O2/c1-4-19(17-9-7-6-8-10-17)27-20(26)15-16-11-13-18(14-12-16)21(3,5-2)22(23,24)25/h6-14,19H,4-5,15H2,1-3H3. The van der Waals surface area contributed by atoms with E-state index < -0.39 is 17.6 Å². The molecule has 0 aromatic heterocycles. The zero-order chi connectivity index (χ0) is 20.1. The highest BCUT2D eigenvalue weighted by molar-refractivity contribution is 5.73. The topological polar surface area (TPSA) is 26.3 Å². The summed E-state index contributed by atoms with van der Waals surface area (Å²) in [5.74, 6) is -0.396. The van der Waals surface area contributed by atoms with Crippen LogP contribution < -0.4 is 0 Å². The molecule has 146 valence electrons. The summed E-state index contributed by atoms with van der Waals surface area (Å²) < 4.78 is 45.7. The summed E-state index contributed by atoms with van der Waals surface area (Å²) in [7, 11) is 0. The first kappa shape index (κ1) is 21.0. The van der Waals surface area contributed by atoms with Crippen LogP contribution in [0.1, 0.15) is 56.4 Å². The molecule has 2 aromatic carbocycles. The predicted octanol–water partition coefficient (Wildman–Crippen LogP) is 6.15. The summed E-state index contributed by atoms with van der Waals surface area (Å²) in [5, 5.41) is 0. The van der Waals surface area contributed by atoms with Gasteiger partial charge in [-0.05, 0) is 36.5 Å². The summed E-state index contributed by atoms with van der Waals surface area (Å²) in [4.78, 5) is 12.3. The van der Waals surface area contributed by atoms with Crippen LogP contribution in [0.5, 0.6) is 0 Å². The Labute approximate surface area is 158 Å². The Morgan fingerprint density at radius 2 is 1.59 bits per heavy atom. The van der Waals surface area contributed by atoms with Crippen molar-refractivity contribution in [1.29, 1.82) is 0 Å². The number of hydrogen-bond donors (Lipinski definition) is 0. The second-order valence-electron chi connectivity index (χ2n) is 6.85. The molecule has 0 bridgehead atoms. The van der Waals surface area contributed by atoms with Crippen molar-refractivity contribution in [3.05, 3.63) is 71.3 Å².